The standard InChI is InChI=1S/C29H52O7/c1-15(2)17(10-13-30)7-6-16(3)21-24(34)25(35)26-28(21,5)12-9-20-27(4)11-8-18(31)23(33)22(27)19(32)14-29(20,26)36/h15-26,30-36H,6-14H2,1-5H3/t16-,17-,18+,19+,20-,21-,22+,23+,24-,25-,26+,27-,28-,29+/m1/s1. The van der Waals surface area contributed by atoms with Crippen LogP contribution in [0.15, 0.2) is 0 Å². The summed E-state index contributed by atoms with van der Waals surface area (Å²) in [5.74, 6) is -0.495. The second-order valence-electron chi connectivity index (χ2n) is 14.0. The molecule has 36 heavy (non-hydrogen) atoms. The van der Waals surface area contributed by atoms with Crippen molar-refractivity contribution in [1.29, 1.82) is 0 Å². The lowest BCUT2D eigenvalue weighted by atomic mass is 9.41. The fourth-order valence-electron chi connectivity index (χ4n) is 10.3. The largest absolute Gasteiger partial charge is 0.396 e. The monoisotopic (exact) mass is 512 g/mol. The van der Waals surface area contributed by atoms with Gasteiger partial charge in [0.25, 0.3) is 0 Å². The topological polar surface area (TPSA) is 142 Å². The molecule has 7 heteroatoms. The second kappa shape index (κ2) is 10.0. The Morgan fingerprint density at radius 1 is 0.778 bits per heavy atom. The highest BCUT2D eigenvalue weighted by Gasteiger charge is 2.73. The predicted octanol–water partition coefficient (Wildman–Crippen LogP) is 2.08. The van der Waals surface area contributed by atoms with E-state index in [1.165, 1.54) is 0 Å². The van der Waals surface area contributed by atoms with Gasteiger partial charge in [0.05, 0.1) is 36.1 Å². The molecule has 0 bridgehead atoms. The lowest BCUT2D eigenvalue weighted by Gasteiger charge is -2.66. The third kappa shape index (κ3) is 4.20. The van der Waals surface area contributed by atoms with Crippen molar-refractivity contribution in [2.75, 3.05) is 6.61 Å². The molecule has 4 fully saturated rings. The van der Waals surface area contributed by atoms with E-state index in [0.717, 1.165) is 25.7 Å². The van der Waals surface area contributed by atoms with Gasteiger partial charge in [0.1, 0.15) is 0 Å². The molecule has 0 aliphatic heterocycles. The molecule has 0 heterocycles. The van der Waals surface area contributed by atoms with E-state index in [4.69, 9.17) is 0 Å². The minimum atomic E-state index is -1.36. The van der Waals surface area contributed by atoms with Gasteiger partial charge in [0.15, 0.2) is 0 Å². The molecular formula is C29H52O7. The fraction of sp³-hybridized carbons (Fsp3) is 1.00. The van der Waals surface area contributed by atoms with Crippen LogP contribution in [-0.4, -0.2) is 78.5 Å². The van der Waals surface area contributed by atoms with E-state index in [-0.39, 0.29) is 30.8 Å². The van der Waals surface area contributed by atoms with Crippen molar-refractivity contribution in [3.8, 4) is 0 Å². The Bertz CT molecular complexity index is 777. The first-order valence-electron chi connectivity index (χ1n) is 14.5. The Kier molecular flexibility index (Phi) is 8.01. The van der Waals surface area contributed by atoms with Crippen molar-refractivity contribution >= 4 is 0 Å². The Hall–Kier alpha value is -0.280. The molecule has 4 aliphatic rings. The highest BCUT2D eigenvalue weighted by molar-refractivity contribution is 5.22. The number of aliphatic hydroxyl groups excluding tert-OH is 6. The first kappa shape index (κ1) is 28.7. The maximum atomic E-state index is 12.4. The zero-order valence-corrected chi connectivity index (χ0v) is 22.9. The van der Waals surface area contributed by atoms with E-state index < -0.39 is 58.8 Å². The van der Waals surface area contributed by atoms with Gasteiger partial charge >= 0.3 is 0 Å². The Labute approximate surface area is 216 Å². The minimum Gasteiger partial charge on any atom is -0.396 e. The van der Waals surface area contributed by atoms with Crippen LogP contribution in [-0.2, 0) is 0 Å². The summed E-state index contributed by atoms with van der Waals surface area (Å²) in [6.07, 6.45) is 0.192. The van der Waals surface area contributed by atoms with Gasteiger partial charge in [-0.05, 0) is 78.9 Å². The molecule has 0 amide bonds. The molecule has 0 unspecified atom stereocenters. The molecule has 0 aromatic heterocycles. The summed E-state index contributed by atoms with van der Waals surface area (Å²) in [6, 6.07) is 0. The first-order chi connectivity index (χ1) is 16.7. The van der Waals surface area contributed by atoms with Gasteiger partial charge in [-0.2, -0.15) is 0 Å². The normalized spacial score (nSPS) is 52.4. The molecule has 7 N–H and O–H groups in total. The molecule has 0 aromatic carbocycles. The van der Waals surface area contributed by atoms with E-state index in [2.05, 4.69) is 27.7 Å². The van der Waals surface area contributed by atoms with Crippen molar-refractivity contribution in [2.24, 2.45) is 52.3 Å². The SMILES string of the molecule is CC(C)[C@@H](CCO)CC[C@@H](C)[C@@H]1[C@@H](O)[C@@H](O)[C@H]2[C@]1(C)CC[C@@H]1[C@@]3(C)CC[C@H](O)[C@H](O)[C@@H]3[C@@H](O)C[C@]12O. The van der Waals surface area contributed by atoms with Crippen molar-refractivity contribution in [3.63, 3.8) is 0 Å². The van der Waals surface area contributed by atoms with Gasteiger partial charge in [-0.25, -0.2) is 0 Å². The summed E-state index contributed by atoms with van der Waals surface area (Å²) in [6.45, 7) is 10.8. The van der Waals surface area contributed by atoms with Gasteiger partial charge in [0.2, 0.25) is 0 Å². The maximum absolute atomic E-state index is 12.4. The van der Waals surface area contributed by atoms with Gasteiger partial charge in [-0.15, -0.1) is 0 Å². The number of hydrogen-bond donors (Lipinski definition) is 7. The molecule has 4 rings (SSSR count). The van der Waals surface area contributed by atoms with E-state index >= 15 is 0 Å². The van der Waals surface area contributed by atoms with Crippen LogP contribution in [0.5, 0.6) is 0 Å². The average molecular weight is 513 g/mol. The summed E-state index contributed by atoms with van der Waals surface area (Å²) in [5.41, 5.74) is -2.40. The zero-order chi connectivity index (χ0) is 26.8. The molecule has 14 atom stereocenters. The highest BCUT2D eigenvalue weighted by atomic mass is 16.3. The number of fused-ring (bicyclic) bond motifs is 5. The molecule has 4 aliphatic carbocycles. The number of aliphatic hydroxyl groups is 7. The van der Waals surface area contributed by atoms with Crippen LogP contribution in [0.1, 0.15) is 86.0 Å². The third-order valence-electron chi connectivity index (χ3n) is 11.9. The summed E-state index contributed by atoms with van der Waals surface area (Å²) in [7, 11) is 0. The smallest absolute Gasteiger partial charge is 0.0863 e. The van der Waals surface area contributed by atoms with Gasteiger partial charge < -0.3 is 35.7 Å². The first-order valence-corrected chi connectivity index (χ1v) is 14.5. The molecule has 4 saturated carbocycles. The van der Waals surface area contributed by atoms with Crippen LogP contribution in [0.25, 0.3) is 0 Å². The lowest BCUT2D eigenvalue weighted by Crippen LogP contribution is -2.71. The molecule has 0 saturated heterocycles. The highest BCUT2D eigenvalue weighted by Crippen LogP contribution is 2.69. The Morgan fingerprint density at radius 3 is 2.03 bits per heavy atom. The van der Waals surface area contributed by atoms with Crippen LogP contribution in [0, 0.1) is 52.3 Å². The van der Waals surface area contributed by atoms with E-state index in [0.29, 0.717) is 31.1 Å². The third-order valence-corrected chi connectivity index (χ3v) is 11.9. The summed E-state index contributed by atoms with van der Waals surface area (Å²) < 4.78 is 0. The lowest BCUT2D eigenvalue weighted by molar-refractivity contribution is -0.280. The average Bonchev–Trinajstić information content (AvgIpc) is 2.99. The van der Waals surface area contributed by atoms with Gasteiger partial charge in [0, 0.05) is 24.9 Å². The maximum Gasteiger partial charge on any atom is 0.0863 e. The Morgan fingerprint density at radius 2 is 1.42 bits per heavy atom. The van der Waals surface area contributed by atoms with Gasteiger partial charge in [-0.1, -0.05) is 41.0 Å². The number of hydrogen-bond acceptors (Lipinski definition) is 7. The summed E-state index contributed by atoms with van der Waals surface area (Å²) in [4.78, 5) is 0. The molecule has 0 spiro atoms. The quantitative estimate of drug-likeness (QED) is 0.277. The molecule has 0 radical (unpaired) electrons. The summed E-state index contributed by atoms with van der Waals surface area (Å²) in [5, 5.41) is 77.1. The predicted molar refractivity (Wildman–Crippen MR) is 137 cm³/mol. The van der Waals surface area contributed by atoms with Crippen molar-refractivity contribution < 1.29 is 35.7 Å². The van der Waals surface area contributed by atoms with Crippen molar-refractivity contribution in [3.05, 3.63) is 0 Å². The van der Waals surface area contributed by atoms with E-state index in [1.54, 1.807) is 0 Å². The summed E-state index contributed by atoms with van der Waals surface area (Å²) >= 11 is 0. The van der Waals surface area contributed by atoms with Crippen LogP contribution in [0.4, 0.5) is 0 Å². The zero-order valence-electron chi connectivity index (χ0n) is 22.9. The van der Waals surface area contributed by atoms with Crippen LogP contribution in [0.2, 0.25) is 0 Å². The van der Waals surface area contributed by atoms with Crippen molar-refractivity contribution in [1.82, 2.24) is 0 Å². The van der Waals surface area contributed by atoms with Crippen LogP contribution in [0.3, 0.4) is 0 Å². The fourth-order valence-corrected chi connectivity index (χ4v) is 10.3. The van der Waals surface area contributed by atoms with E-state index in [1.807, 2.05) is 6.92 Å². The molecular weight excluding hydrogens is 460 g/mol. The van der Waals surface area contributed by atoms with E-state index in [9.17, 15) is 35.7 Å². The second-order valence-corrected chi connectivity index (χ2v) is 14.0. The Balaban J connectivity index is 1.62. The van der Waals surface area contributed by atoms with Crippen LogP contribution < -0.4 is 0 Å². The molecule has 7 nitrogen and oxygen atoms in total. The van der Waals surface area contributed by atoms with Crippen molar-refractivity contribution in [2.45, 2.75) is 122 Å². The molecule has 210 valence electrons. The van der Waals surface area contributed by atoms with Crippen LogP contribution >= 0.6 is 0 Å². The van der Waals surface area contributed by atoms with Gasteiger partial charge in [-0.3, -0.25) is 0 Å². The minimum absolute atomic E-state index is 0.0404. The molecule has 0 aromatic rings. The number of rotatable bonds is 7.